The van der Waals surface area contributed by atoms with Crippen molar-refractivity contribution in [1.29, 1.82) is 0 Å². The lowest BCUT2D eigenvalue weighted by molar-refractivity contribution is 0.458. The van der Waals surface area contributed by atoms with Crippen molar-refractivity contribution in [2.45, 2.75) is 11.8 Å². The van der Waals surface area contributed by atoms with Crippen LogP contribution in [0.3, 0.4) is 0 Å². The molecule has 1 aromatic carbocycles. The fourth-order valence-corrected chi connectivity index (χ4v) is 2.54. The first-order chi connectivity index (χ1) is 9.80. The minimum Gasteiger partial charge on any atom is -0.439 e. The standard InChI is InChI=1S/C14H17N3O3S/c1-10-8-11(15)4-6-13(10)20-14-7-5-12(9-16-14)21(18,19)17(2)3/h4-9H,15H2,1-3H3. The van der Waals surface area contributed by atoms with Crippen molar-refractivity contribution in [1.82, 2.24) is 9.29 Å². The third-order valence-corrected chi connectivity index (χ3v) is 4.70. The molecule has 2 aromatic rings. The summed E-state index contributed by atoms with van der Waals surface area (Å²) in [4.78, 5) is 4.15. The van der Waals surface area contributed by atoms with Gasteiger partial charge in [-0.25, -0.2) is 17.7 Å². The van der Waals surface area contributed by atoms with Crippen LogP contribution in [-0.2, 0) is 10.0 Å². The summed E-state index contributed by atoms with van der Waals surface area (Å²) in [5, 5.41) is 0. The predicted octanol–water partition coefficient (Wildman–Crippen LogP) is 2.01. The molecular weight excluding hydrogens is 290 g/mol. The Bertz CT molecular complexity index is 741. The Kier molecular flexibility index (Phi) is 4.15. The fraction of sp³-hybridized carbons (Fsp3) is 0.214. The molecule has 1 aromatic heterocycles. The van der Waals surface area contributed by atoms with Gasteiger partial charge in [0, 0.05) is 25.8 Å². The van der Waals surface area contributed by atoms with Gasteiger partial charge in [0.05, 0.1) is 6.20 Å². The fourth-order valence-electron chi connectivity index (χ4n) is 1.69. The molecule has 0 spiro atoms. The molecule has 0 unspecified atom stereocenters. The Morgan fingerprint density at radius 3 is 2.43 bits per heavy atom. The van der Waals surface area contributed by atoms with Gasteiger partial charge in [0.1, 0.15) is 10.6 Å². The third-order valence-electron chi connectivity index (χ3n) is 2.90. The van der Waals surface area contributed by atoms with Gasteiger partial charge in [-0.05, 0) is 36.8 Å². The van der Waals surface area contributed by atoms with Crippen molar-refractivity contribution in [3.05, 3.63) is 42.1 Å². The predicted molar refractivity (Wildman–Crippen MR) is 80.8 cm³/mol. The van der Waals surface area contributed by atoms with Gasteiger partial charge < -0.3 is 10.5 Å². The van der Waals surface area contributed by atoms with Crippen molar-refractivity contribution >= 4 is 15.7 Å². The Morgan fingerprint density at radius 2 is 1.90 bits per heavy atom. The summed E-state index contributed by atoms with van der Waals surface area (Å²) in [5.74, 6) is 0.945. The summed E-state index contributed by atoms with van der Waals surface area (Å²) < 4.78 is 30.6. The number of hydrogen-bond acceptors (Lipinski definition) is 5. The van der Waals surface area contributed by atoms with Crippen molar-refractivity contribution in [2.24, 2.45) is 0 Å². The second-order valence-corrected chi connectivity index (χ2v) is 6.90. The zero-order valence-electron chi connectivity index (χ0n) is 12.1. The summed E-state index contributed by atoms with van der Waals surface area (Å²) in [7, 11) is -0.542. The number of benzene rings is 1. The number of sulfonamides is 1. The van der Waals surface area contributed by atoms with Crippen LogP contribution in [0.4, 0.5) is 5.69 Å². The maximum atomic E-state index is 11.9. The van der Waals surface area contributed by atoms with Crippen molar-refractivity contribution in [2.75, 3.05) is 19.8 Å². The van der Waals surface area contributed by atoms with Gasteiger partial charge in [-0.15, -0.1) is 0 Å². The first-order valence-electron chi connectivity index (χ1n) is 6.23. The maximum Gasteiger partial charge on any atom is 0.244 e. The van der Waals surface area contributed by atoms with Crippen LogP contribution in [0.5, 0.6) is 11.6 Å². The van der Waals surface area contributed by atoms with Crippen LogP contribution in [0.2, 0.25) is 0 Å². The average Bonchev–Trinajstić information content (AvgIpc) is 2.42. The average molecular weight is 307 g/mol. The van der Waals surface area contributed by atoms with Crippen molar-refractivity contribution in [3.8, 4) is 11.6 Å². The van der Waals surface area contributed by atoms with E-state index in [1.165, 1.54) is 32.4 Å². The molecule has 112 valence electrons. The van der Waals surface area contributed by atoms with Gasteiger partial charge in [0.25, 0.3) is 0 Å². The molecule has 7 heteroatoms. The van der Waals surface area contributed by atoms with E-state index in [-0.39, 0.29) is 4.90 Å². The molecular formula is C14H17N3O3S. The number of aryl methyl sites for hydroxylation is 1. The second kappa shape index (κ2) is 5.71. The number of aromatic nitrogens is 1. The van der Waals surface area contributed by atoms with Gasteiger partial charge in [0.2, 0.25) is 15.9 Å². The highest BCUT2D eigenvalue weighted by atomic mass is 32.2. The minimum atomic E-state index is -3.48. The van der Waals surface area contributed by atoms with E-state index >= 15 is 0 Å². The zero-order valence-corrected chi connectivity index (χ0v) is 12.9. The number of ether oxygens (including phenoxy) is 1. The minimum absolute atomic E-state index is 0.119. The van der Waals surface area contributed by atoms with E-state index in [2.05, 4.69) is 4.98 Å². The highest BCUT2D eigenvalue weighted by Gasteiger charge is 2.17. The third kappa shape index (κ3) is 3.32. The number of anilines is 1. The lowest BCUT2D eigenvalue weighted by Gasteiger charge is -2.12. The van der Waals surface area contributed by atoms with Gasteiger partial charge in [0.15, 0.2) is 0 Å². The zero-order chi connectivity index (χ0) is 15.6. The molecule has 0 saturated heterocycles. The van der Waals surface area contributed by atoms with Crippen molar-refractivity contribution < 1.29 is 13.2 Å². The lowest BCUT2D eigenvalue weighted by atomic mass is 10.2. The summed E-state index contributed by atoms with van der Waals surface area (Å²) in [5.41, 5.74) is 7.20. The van der Waals surface area contributed by atoms with Gasteiger partial charge in [-0.1, -0.05) is 0 Å². The molecule has 0 aliphatic rings. The van der Waals surface area contributed by atoms with Crippen LogP contribution in [0.1, 0.15) is 5.56 Å². The summed E-state index contributed by atoms with van der Waals surface area (Å²) in [6, 6.07) is 8.25. The number of nitrogen functional groups attached to an aromatic ring is 1. The SMILES string of the molecule is Cc1cc(N)ccc1Oc1ccc(S(=O)(=O)N(C)C)cn1. The summed E-state index contributed by atoms with van der Waals surface area (Å²) >= 11 is 0. The molecule has 0 amide bonds. The number of nitrogens with two attached hydrogens (primary N) is 1. The topological polar surface area (TPSA) is 85.5 Å². The molecule has 0 fully saturated rings. The molecule has 0 bridgehead atoms. The monoisotopic (exact) mass is 307 g/mol. The van der Waals surface area contributed by atoms with Gasteiger partial charge in [-0.2, -0.15) is 0 Å². The van der Waals surface area contributed by atoms with Crippen LogP contribution < -0.4 is 10.5 Å². The molecule has 1 heterocycles. The highest BCUT2D eigenvalue weighted by Crippen LogP contribution is 2.25. The molecule has 0 aliphatic carbocycles. The molecule has 2 N–H and O–H groups in total. The molecule has 0 radical (unpaired) electrons. The van der Waals surface area contributed by atoms with E-state index in [0.29, 0.717) is 17.3 Å². The van der Waals surface area contributed by atoms with Crippen LogP contribution in [0, 0.1) is 6.92 Å². The van der Waals surface area contributed by atoms with Crippen LogP contribution >= 0.6 is 0 Å². The maximum absolute atomic E-state index is 11.9. The first kappa shape index (κ1) is 15.3. The lowest BCUT2D eigenvalue weighted by Crippen LogP contribution is -2.22. The number of pyridine rings is 1. The molecule has 2 rings (SSSR count). The summed E-state index contributed by atoms with van der Waals surface area (Å²) in [6.45, 7) is 1.87. The Labute approximate surface area is 124 Å². The molecule has 0 saturated carbocycles. The largest absolute Gasteiger partial charge is 0.439 e. The van der Waals surface area contributed by atoms with Crippen LogP contribution in [0.25, 0.3) is 0 Å². The Balaban J connectivity index is 2.24. The molecule has 6 nitrogen and oxygen atoms in total. The molecule has 21 heavy (non-hydrogen) atoms. The van der Waals surface area contributed by atoms with E-state index < -0.39 is 10.0 Å². The summed E-state index contributed by atoms with van der Waals surface area (Å²) in [6.07, 6.45) is 1.28. The second-order valence-electron chi connectivity index (χ2n) is 4.75. The van der Waals surface area contributed by atoms with Crippen molar-refractivity contribution in [3.63, 3.8) is 0 Å². The molecule has 0 aliphatic heterocycles. The first-order valence-corrected chi connectivity index (χ1v) is 7.67. The quantitative estimate of drug-likeness (QED) is 0.873. The van der Waals surface area contributed by atoms with Gasteiger partial charge >= 0.3 is 0 Å². The van der Waals surface area contributed by atoms with E-state index in [1.54, 1.807) is 18.2 Å². The smallest absolute Gasteiger partial charge is 0.244 e. The number of rotatable bonds is 4. The normalized spacial score (nSPS) is 11.6. The van der Waals surface area contributed by atoms with E-state index in [0.717, 1.165) is 9.87 Å². The van der Waals surface area contributed by atoms with Crippen LogP contribution in [-0.4, -0.2) is 31.8 Å². The van der Waals surface area contributed by atoms with Gasteiger partial charge in [-0.3, -0.25) is 0 Å². The Morgan fingerprint density at radius 1 is 1.19 bits per heavy atom. The van der Waals surface area contributed by atoms with E-state index in [4.69, 9.17) is 10.5 Å². The number of hydrogen-bond donors (Lipinski definition) is 1. The highest BCUT2D eigenvalue weighted by molar-refractivity contribution is 7.89. The van der Waals surface area contributed by atoms with E-state index in [1.807, 2.05) is 6.92 Å². The number of nitrogens with zero attached hydrogens (tertiary/aromatic N) is 2. The molecule has 0 atom stereocenters. The van der Waals surface area contributed by atoms with Crippen LogP contribution in [0.15, 0.2) is 41.4 Å². The van der Waals surface area contributed by atoms with E-state index in [9.17, 15) is 8.42 Å². The Hall–Kier alpha value is -2.12.